The molecule has 23 heavy (non-hydrogen) atoms. The van der Waals surface area contributed by atoms with Crippen molar-refractivity contribution in [1.82, 2.24) is 9.80 Å². The second-order valence-electron chi connectivity index (χ2n) is 7.32. The number of nitrogens with zero attached hydrogens (tertiary/aromatic N) is 2. The average Bonchev–Trinajstić information content (AvgIpc) is 2.53. The third-order valence-corrected chi connectivity index (χ3v) is 5.30. The molecule has 4 heteroatoms. The Hall–Kier alpha value is -0.940. The molecule has 0 aliphatic carbocycles. The van der Waals surface area contributed by atoms with Gasteiger partial charge in [0.15, 0.2) is 0 Å². The summed E-state index contributed by atoms with van der Waals surface area (Å²) in [6.45, 7) is 11.9. The van der Waals surface area contributed by atoms with E-state index in [-0.39, 0.29) is 0 Å². The van der Waals surface area contributed by atoms with Gasteiger partial charge < -0.3 is 9.84 Å². The summed E-state index contributed by atoms with van der Waals surface area (Å²) in [6, 6.07) is 6.72. The molecule has 0 unspecified atom stereocenters. The first-order valence-electron chi connectivity index (χ1n) is 8.85. The van der Waals surface area contributed by atoms with Crippen LogP contribution in [-0.2, 0) is 11.3 Å². The van der Waals surface area contributed by atoms with Gasteiger partial charge in [-0.15, -0.1) is 0 Å². The Morgan fingerprint density at radius 3 is 2.39 bits per heavy atom. The van der Waals surface area contributed by atoms with Gasteiger partial charge in [0.2, 0.25) is 0 Å². The number of hydrogen-bond acceptors (Lipinski definition) is 4. The van der Waals surface area contributed by atoms with E-state index in [0.29, 0.717) is 13.2 Å². The number of β-amino-alcohol motifs (C(OH)–C–C–N with tert-alkyl or cyclic N) is 1. The van der Waals surface area contributed by atoms with E-state index in [4.69, 9.17) is 4.74 Å². The molecule has 1 aromatic rings. The largest absolute Gasteiger partial charge is 0.388 e. The summed E-state index contributed by atoms with van der Waals surface area (Å²) in [5.41, 5.74) is 3.63. The molecule has 0 saturated carbocycles. The highest BCUT2D eigenvalue weighted by Crippen LogP contribution is 2.22. The SMILES string of the molecule is Cc1ccc(C)c(CN2CCN(CC3(O)CCOCC3)CC2)c1. The van der Waals surface area contributed by atoms with Crippen LogP contribution in [0.5, 0.6) is 0 Å². The van der Waals surface area contributed by atoms with E-state index < -0.39 is 5.60 Å². The highest BCUT2D eigenvalue weighted by atomic mass is 16.5. The third-order valence-electron chi connectivity index (χ3n) is 5.30. The van der Waals surface area contributed by atoms with E-state index in [1.165, 1.54) is 16.7 Å². The summed E-state index contributed by atoms with van der Waals surface area (Å²) >= 11 is 0. The van der Waals surface area contributed by atoms with Crippen LogP contribution < -0.4 is 0 Å². The summed E-state index contributed by atoms with van der Waals surface area (Å²) in [5.74, 6) is 0. The number of rotatable bonds is 4. The minimum atomic E-state index is -0.534. The Bertz CT molecular complexity index is 518. The van der Waals surface area contributed by atoms with Crippen molar-refractivity contribution < 1.29 is 9.84 Å². The van der Waals surface area contributed by atoms with Gasteiger partial charge in [0.1, 0.15) is 0 Å². The molecule has 0 spiro atoms. The molecule has 0 atom stereocenters. The normalized spacial score (nSPS) is 23.1. The van der Waals surface area contributed by atoms with Crippen molar-refractivity contribution in [3.8, 4) is 0 Å². The smallest absolute Gasteiger partial charge is 0.0817 e. The number of aryl methyl sites for hydroxylation is 2. The Morgan fingerprint density at radius 2 is 1.70 bits per heavy atom. The van der Waals surface area contributed by atoms with Crippen molar-refractivity contribution in [2.45, 2.75) is 38.8 Å². The number of piperazine rings is 1. The maximum absolute atomic E-state index is 10.7. The molecule has 2 aliphatic heterocycles. The average molecular weight is 318 g/mol. The lowest BCUT2D eigenvalue weighted by Crippen LogP contribution is -2.53. The first-order chi connectivity index (χ1) is 11.0. The lowest BCUT2D eigenvalue weighted by Gasteiger charge is -2.41. The molecule has 1 aromatic carbocycles. The van der Waals surface area contributed by atoms with Crippen molar-refractivity contribution in [3.63, 3.8) is 0 Å². The highest BCUT2D eigenvalue weighted by molar-refractivity contribution is 5.30. The Morgan fingerprint density at radius 1 is 1.04 bits per heavy atom. The lowest BCUT2D eigenvalue weighted by molar-refractivity contribution is -0.0842. The van der Waals surface area contributed by atoms with Crippen LogP contribution in [0.15, 0.2) is 18.2 Å². The molecule has 0 radical (unpaired) electrons. The minimum absolute atomic E-state index is 0.534. The molecule has 2 fully saturated rings. The molecule has 0 amide bonds. The molecule has 0 bridgehead atoms. The van der Waals surface area contributed by atoms with E-state index in [0.717, 1.165) is 52.1 Å². The first kappa shape index (κ1) is 16.9. The number of benzene rings is 1. The van der Waals surface area contributed by atoms with Gasteiger partial charge in [0.25, 0.3) is 0 Å². The summed E-state index contributed by atoms with van der Waals surface area (Å²) in [6.07, 6.45) is 1.55. The zero-order valence-electron chi connectivity index (χ0n) is 14.6. The molecule has 2 saturated heterocycles. The van der Waals surface area contributed by atoms with E-state index in [1.807, 2.05) is 0 Å². The maximum atomic E-state index is 10.7. The van der Waals surface area contributed by atoms with Gasteiger partial charge in [-0.2, -0.15) is 0 Å². The zero-order chi connectivity index (χ0) is 16.3. The van der Waals surface area contributed by atoms with Gasteiger partial charge in [-0.25, -0.2) is 0 Å². The molecule has 1 N–H and O–H groups in total. The fourth-order valence-corrected chi connectivity index (χ4v) is 3.64. The molecule has 2 heterocycles. The van der Waals surface area contributed by atoms with Crippen molar-refractivity contribution in [3.05, 3.63) is 34.9 Å². The zero-order valence-corrected chi connectivity index (χ0v) is 14.6. The van der Waals surface area contributed by atoms with Gasteiger partial charge in [-0.3, -0.25) is 9.80 Å². The number of ether oxygens (including phenoxy) is 1. The molecule has 4 nitrogen and oxygen atoms in total. The molecular formula is C19H30N2O2. The van der Waals surface area contributed by atoms with Gasteiger partial charge in [0.05, 0.1) is 5.60 Å². The number of aliphatic hydroxyl groups is 1. The van der Waals surface area contributed by atoms with Gasteiger partial charge in [-0.1, -0.05) is 23.8 Å². The summed E-state index contributed by atoms with van der Waals surface area (Å²) in [4.78, 5) is 4.96. The van der Waals surface area contributed by atoms with E-state index in [1.54, 1.807) is 0 Å². The Kier molecular flexibility index (Phi) is 5.37. The van der Waals surface area contributed by atoms with Crippen LogP contribution in [0.1, 0.15) is 29.5 Å². The second-order valence-corrected chi connectivity index (χ2v) is 7.32. The van der Waals surface area contributed by atoms with Crippen LogP contribution in [0, 0.1) is 13.8 Å². The quantitative estimate of drug-likeness (QED) is 0.921. The van der Waals surface area contributed by atoms with Crippen molar-refractivity contribution >= 4 is 0 Å². The predicted octanol–water partition coefficient (Wildman–Crippen LogP) is 1.96. The first-order valence-corrected chi connectivity index (χ1v) is 8.85. The number of hydrogen-bond donors (Lipinski definition) is 1. The molecule has 128 valence electrons. The lowest BCUT2D eigenvalue weighted by atomic mass is 9.93. The standard InChI is InChI=1S/C19H30N2O2/c1-16-3-4-17(2)18(13-16)14-20-7-9-21(10-8-20)15-19(22)5-11-23-12-6-19/h3-4,13,22H,5-12,14-15H2,1-2H3. The summed E-state index contributed by atoms with van der Waals surface area (Å²) in [5, 5.41) is 10.7. The van der Waals surface area contributed by atoms with Crippen LogP contribution in [0.3, 0.4) is 0 Å². The molecule has 0 aromatic heterocycles. The van der Waals surface area contributed by atoms with Crippen LogP contribution in [0.2, 0.25) is 0 Å². The molecule has 3 rings (SSSR count). The summed E-state index contributed by atoms with van der Waals surface area (Å²) in [7, 11) is 0. The molecular weight excluding hydrogens is 288 g/mol. The van der Waals surface area contributed by atoms with Crippen molar-refractivity contribution in [2.24, 2.45) is 0 Å². The van der Waals surface area contributed by atoms with Crippen LogP contribution >= 0.6 is 0 Å². The van der Waals surface area contributed by atoms with Crippen LogP contribution in [0.4, 0.5) is 0 Å². The fourth-order valence-electron chi connectivity index (χ4n) is 3.64. The minimum Gasteiger partial charge on any atom is -0.388 e. The van der Waals surface area contributed by atoms with Crippen molar-refractivity contribution in [1.29, 1.82) is 0 Å². The Labute approximate surface area is 140 Å². The van der Waals surface area contributed by atoms with E-state index in [9.17, 15) is 5.11 Å². The van der Waals surface area contributed by atoms with Gasteiger partial charge in [-0.05, 0) is 25.0 Å². The van der Waals surface area contributed by atoms with Gasteiger partial charge >= 0.3 is 0 Å². The monoisotopic (exact) mass is 318 g/mol. The summed E-state index contributed by atoms with van der Waals surface area (Å²) < 4.78 is 5.37. The third kappa shape index (κ3) is 4.54. The second kappa shape index (κ2) is 7.31. The van der Waals surface area contributed by atoms with Crippen molar-refractivity contribution in [2.75, 3.05) is 45.9 Å². The maximum Gasteiger partial charge on any atom is 0.0817 e. The van der Waals surface area contributed by atoms with Crippen LogP contribution in [0.25, 0.3) is 0 Å². The van der Waals surface area contributed by atoms with E-state index in [2.05, 4.69) is 41.8 Å². The topological polar surface area (TPSA) is 35.9 Å². The fraction of sp³-hybridized carbons (Fsp3) is 0.684. The van der Waals surface area contributed by atoms with Crippen LogP contribution in [-0.4, -0.2) is 66.4 Å². The van der Waals surface area contributed by atoms with Gasteiger partial charge in [0, 0.05) is 65.3 Å². The van der Waals surface area contributed by atoms with E-state index >= 15 is 0 Å². The molecule has 2 aliphatic rings. The Balaban J connectivity index is 1.49. The predicted molar refractivity (Wildman–Crippen MR) is 92.6 cm³/mol. The highest BCUT2D eigenvalue weighted by Gasteiger charge is 2.32.